The topological polar surface area (TPSA) is 110 Å². The average Bonchev–Trinajstić information content (AvgIpc) is 3.31. The van der Waals surface area contributed by atoms with Crippen molar-refractivity contribution in [3.05, 3.63) is 42.6 Å². The number of hydrogen-bond donors (Lipinski definition) is 2. The van der Waals surface area contributed by atoms with Crippen LogP contribution in [0, 0.1) is 5.92 Å². The van der Waals surface area contributed by atoms with Gasteiger partial charge in [-0.3, -0.25) is 4.79 Å². The van der Waals surface area contributed by atoms with Crippen molar-refractivity contribution >= 4 is 29.0 Å². The number of fused-ring (bicyclic) bond motifs is 1. The average molecular weight is 453 g/mol. The standard InChI is InChI=1S/C23H28N6O4/c1-16(2)22(30)33-13-9-24-23(31)25-18-7-5-17(6-8-18)20-26-21(28-11-14-32-15-12-28)19-4-3-10-29(19)27-20/h3-8,10,16H,9,11-15H2,1-2H3,(H2,24,25,31). The number of carbonyl (C=O) groups is 2. The molecule has 0 saturated carbocycles. The molecule has 2 amide bonds. The van der Waals surface area contributed by atoms with Gasteiger partial charge in [-0.05, 0) is 36.4 Å². The maximum Gasteiger partial charge on any atom is 0.319 e. The van der Waals surface area contributed by atoms with Crippen molar-refractivity contribution in [1.29, 1.82) is 0 Å². The van der Waals surface area contributed by atoms with Crippen molar-refractivity contribution in [1.82, 2.24) is 19.9 Å². The van der Waals surface area contributed by atoms with Gasteiger partial charge in [0.1, 0.15) is 12.1 Å². The summed E-state index contributed by atoms with van der Waals surface area (Å²) >= 11 is 0. The van der Waals surface area contributed by atoms with E-state index in [1.54, 1.807) is 26.0 Å². The fraction of sp³-hybridized carbons (Fsp3) is 0.391. The lowest BCUT2D eigenvalue weighted by atomic mass is 10.2. The Morgan fingerprint density at radius 1 is 1.15 bits per heavy atom. The largest absolute Gasteiger partial charge is 0.464 e. The molecule has 2 N–H and O–H groups in total. The summed E-state index contributed by atoms with van der Waals surface area (Å²) < 4.78 is 12.3. The van der Waals surface area contributed by atoms with Gasteiger partial charge in [0, 0.05) is 30.5 Å². The summed E-state index contributed by atoms with van der Waals surface area (Å²) in [6, 6.07) is 10.9. The molecule has 2 aromatic heterocycles. The van der Waals surface area contributed by atoms with E-state index in [0.717, 1.165) is 30.0 Å². The summed E-state index contributed by atoms with van der Waals surface area (Å²) in [7, 11) is 0. The first-order valence-electron chi connectivity index (χ1n) is 11.0. The second-order valence-corrected chi connectivity index (χ2v) is 7.98. The molecule has 10 heteroatoms. The predicted molar refractivity (Wildman–Crippen MR) is 124 cm³/mol. The Bertz CT molecular complexity index is 1110. The molecule has 0 spiro atoms. The first-order valence-corrected chi connectivity index (χ1v) is 11.0. The summed E-state index contributed by atoms with van der Waals surface area (Å²) in [5.74, 6) is 1.01. The van der Waals surface area contributed by atoms with Gasteiger partial charge in [0.15, 0.2) is 11.6 Å². The highest BCUT2D eigenvalue weighted by atomic mass is 16.5. The number of aromatic nitrogens is 3. The van der Waals surface area contributed by atoms with E-state index in [-0.39, 0.29) is 31.1 Å². The molecule has 3 heterocycles. The lowest BCUT2D eigenvalue weighted by Crippen LogP contribution is -2.37. The number of rotatable bonds is 7. The van der Waals surface area contributed by atoms with Gasteiger partial charge >= 0.3 is 12.0 Å². The molecule has 0 unspecified atom stereocenters. The van der Waals surface area contributed by atoms with Crippen molar-refractivity contribution in [3.63, 3.8) is 0 Å². The minimum Gasteiger partial charge on any atom is -0.464 e. The summed E-state index contributed by atoms with van der Waals surface area (Å²) in [5.41, 5.74) is 2.42. The van der Waals surface area contributed by atoms with E-state index in [2.05, 4.69) is 20.6 Å². The van der Waals surface area contributed by atoms with E-state index in [0.29, 0.717) is 24.7 Å². The second-order valence-electron chi connectivity index (χ2n) is 7.98. The van der Waals surface area contributed by atoms with Crippen LogP contribution < -0.4 is 15.5 Å². The van der Waals surface area contributed by atoms with Gasteiger partial charge in [0.05, 0.1) is 25.7 Å². The van der Waals surface area contributed by atoms with Crippen molar-refractivity contribution in [2.45, 2.75) is 13.8 Å². The molecular formula is C23H28N6O4. The number of morpholine rings is 1. The highest BCUT2D eigenvalue weighted by molar-refractivity contribution is 5.89. The number of anilines is 2. The van der Waals surface area contributed by atoms with Gasteiger partial charge in [-0.25, -0.2) is 14.3 Å². The Kier molecular flexibility index (Phi) is 7.04. The minimum atomic E-state index is -0.372. The monoisotopic (exact) mass is 452 g/mol. The van der Waals surface area contributed by atoms with Crippen molar-refractivity contribution in [2.75, 3.05) is 49.7 Å². The van der Waals surface area contributed by atoms with Crippen molar-refractivity contribution in [3.8, 4) is 11.4 Å². The first-order chi connectivity index (χ1) is 16.0. The number of nitrogens with one attached hydrogen (secondary N) is 2. The molecule has 4 rings (SSSR count). The summed E-state index contributed by atoms with van der Waals surface area (Å²) in [6.45, 7) is 6.81. The molecular weight excluding hydrogens is 424 g/mol. The molecule has 1 fully saturated rings. The van der Waals surface area contributed by atoms with Crippen LogP contribution in [0.3, 0.4) is 0 Å². The van der Waals surface area contributed by atoms with Crippen LogP contribution in [-0.4, -0.2) is 66.1 Å². The van der Waals surface area contributed by atoms with E-state index < -0.39 is 0 Å². The van der Waals surface area contributed by atoms with Gasteiger partial charge in [-0.15, -0.1) is 5.10 Å². The molecule has 174 valence electrons. The molecule has 1 saturated heterocycles. The fourth-order valence-corrected chi connectivity index (χ4v) is 3.41. The molecule has 0 atom stereocenters. The van der Waals surface area contributed by atoms with Crippen LogP contribution in [0.2, 0.25) is 0 Å². The lowest BCUT2D eigenvalue weighted by molar-refractivity contribution is -0.147. The Labute approximate surface area is 191 Å². The molecule has 10 nitrogen and oxygen atoms in total. The Morgan fingerprint density at radius 2 is 1.91 bits per heavy atom. The number of hydrogen-bond acceptors (Lipinski definition) is 7. The smallest absolute Gasteiger partial charge is 0.319 e. The minimum absolute atomic E-state index is 0.133. The third-order valence-corrected chi connectivity index (χ3v) is 5.19. The second kappa shape index (κ2) is 10.3. The number of esters is 1. The van der Waals surface area contributed by atoms with Gasteiger partial charge in [-0.1, -0.05) is 13.8 Å². The van der Waals surface area contributed by atoms with Crippen LogP contribution in [0.4, 0.5) is 16.3 Å². The molecule has 0 aliphatic carbocycles. The quantitative estimate of drug-likeness (QED) is 0.419. The van der Waals surface area contributed by atoms with Gasteiger partial charge < -0.3 is 25.0 Å². The van der Waals surface area contributed by atoms with E-state index >= 15 is 0 Å². The number of amides is 2. The first kappa shape index (κ1) is 22.5. The van der Waals surface area contributed by atoms with Gasteiger partial charge in [-0.2, -0.15) is 0 Å². The van der Waals surface area contributed by atoms with Crippen molar-refractivity contribution in [2.24, 2.45) is 5.92 Å². The van der Waals surface area contributed by atoms with Gasteiger partial charge in [0.25, 0.3) is 0 Å². The molecule has 1 aliphatic heterocycles. The maximum atomic E-state index is 12.1. The summed E-state index contributed by atoms with van der Waals surface area (Å²) in [4.78, 5) is 30.5. The van der Waals surface area contributed by atoms with E-state index in [9.17, 15) is 9.59 Å². The molecule has 0 radical (unpaired) electrons. The Balaban J connectivity index is 1.40. The van der Waals surface area contributed by atoms with Crippen LogP contribution >= 0.6 is 0 Å². The third kappa shape index (κ3) is 5.58. The van der Waals surface area contributed by atoms with E-state index in [1.807, 2.05) is 35.0 Å². The van der Waals surface area contributed by atoms with Crippen LogP contribution in [0.15, 0.2) is 42.6 Å². The number of nitrogens with zero attached hydrogens (tertiary/aromatic N) is 4. The fourth-order valence-electron chi connectivity index (χ4n) is 3.41. The number of ether oxygens (including phenoxy) is 2. The lowest BCUT2D eigenvalue weighted by Gasteiger charge is -2.28. The van der Waals surface area contributed by atoms with Crippen LogP contribution in [0.25, 0.3) is 16.9 Å². The zero-order chi connectivity index (χ0) is 23.2. The van der Waals surface area contributed by atoms with Crippen LogP contribution in [0.5, 0.6) is 0 Å². The molecule has 3 aromatic rings. The normalized spacial score (nSPS) is 13.8. The Hall–Kier alpha value is -3.66. The van der Waals surface area contributed by atoms with E-state index in [1.165, 1.54) is 0 Å². The van der Waals surface area contributed by atoms with Gasteiger partial charge in [0.2, 0.25) is 0 Å². The number of benzene rings is 1. The molecule has 0 bridgehead atoms. The predicted octanol–water partition coefficient (Wildman–Crippen LogP) is 2.55. The SMILES string of the molecule is CC(C)C(=O)OCCNC(=O)Nc1ccc(-c2nc(N3CCOCC3)c3cccn3n2)cc1. The summed E-state index contributed by atoms with van der Waals surface area (Å²) in [5, 5.41) is 10.1. The number of urea groups is 1. The zero-order valence-electron chi connectivity index (χ0n) is 18.8. The molecule has 1 aliphatic rings. The maximum absolute atomic E-state index is 12.1. The summed E-state index contributed by atoms with van der Waals surface area (Å²) in [6.07, 6.45) is 1.91. The zero-order valence-corrected chi connectivity index (χ0v) is 18.8. The molecule has 1 aromatic carbocycles. The van der Waals surface area contributed by atoms with E-state index in [4.69, 9.17) is 14.5 Å². The Morgan fingerprint density at radius 3 is 2.64 bits per heavy atom. The third-order valence-electron chi connectivity index (χ3n) is 5.19. The van der Waals surface area contributed by atoms with Crippen LogP contribution in [-0.2, 0) is 14.3 Å². The highest BCUT2D eigenvalue weighted by Gasteiger charge is 2.18. The van der Waals surface area contributed by atoms with Crippen molar-refractivity contribution < 1.29 is 19.1 Å². The molecule has 33 heavy (non-hydrogen) atoms. The number of carbonyl (C=O) groups excluding carboxylic acids is 2. The highest BCUT2D eigenvalue weighted by Crippen LogP contribution is 2.25. The van der Waals surface area contributed by atoms with Crippen LogP contribution in [0.1, 0.15) is 13.8 Å².